The number of fused-ring (bicyclic) bond motifs is 1. The molecule has 1 atom stereocenters. The van der Waals surface area contributed by atoms with Crippen LogP contribution < -0.4 is 11.1 Å². The second-order valence-corrected chi connectivity index (χ2v) is 6.09. The maximum absolute atomic E-state index is 11.5. The van der Waals surface area contributed by atoms with Crippen LogP contribution >= 0.6 is 0 Å². The summed E-state index contributed by atoms with van der Waals surface area (Å²) >= 11 is 0. The molecule has 1 fully saturated rings. The van der Waals surface area contributed by atoms with Gasteiger partial charge in [0.05, 0.1) is 0 Å². The van der Waals surface area contributed by atoms with Crippen molar-refractivity contribution in [3.05, 3.63) is 29.8 Å². The summed E-state index contributed by atoms with van der Waals surface area (Å²) in [6, 6.07) is 8.54. The number of hydrogen-bond acceptors (Lipinski definition) is 3. The van der Waals surface area contributed by atoms with Crippen LogP contribution in [-0.2, 0) is 4.79 Å². The van der Waals surface area contributed by atoms with E-state index in [1.807, 2.05) is 4.90 Å². The predicted octanol–water partition coefficient (Wildman–Crippen LogP) is 1.78. The molecule has 4 nitrogen and oxygen atoms in total. The molecule has 0 aromatic heterocycles. The molecule has 2 aliphatic heterocycles. The highest BCUT2D eigenvalue weighted by atomic mass is 16.2. The molecule has 4 heteroatoms. The first-order chi connectivity index (χ1) is 9.66. The maximum Gasteiger partial charge on any atom is 0.219 e. The molecular weight excluding hydrogens is 250 g/mol. The lowest BCUT2D eigenvalue weighted by Gasteiger charge is -2.44. The summed E-state index contributed by atoms with van der Waals surface area (Å²) in [4.78, 5) is 13.4. The van der Waals surface area contributed by atoms with Gasteiger partial charge in [0.25, 0.3) is 0 Å². The number of hydrogen-bond donors (Lipinski definition) is 2. The van der Waals surface area contributed by atoms with Crippen molar-refractivity contribution >= 4 is 11.6 Å². The summed E-state index contributed by atoms with van der Waals surface area (Å²) in [6.45, 7) is 4.99. The van der Waals surface area contributed by atoms with Crippen molar-refractivity contribution in [1.82, 2.24) is 4.90 Å². The molecule has 3 rings (SSSR count). The summed E-state index contributed by atoms with van der Waals surface area (Å²) in [6.07, 6.45) is 2.01. The van der Waals surface area contributed by atoms with Crippen LogP contribution in [-0.4, -0.2) is 37.0 Å². The van der Waals surface area contributed by atoms with E-state index < -0.39 is 0 Å². The lowest BCUT2D eigenvalue weighted by Crippen LogP contribution is -2.48. The van der Waals surface area contributed by atoms with E-state index in [0.29, 0.717) is 12.5 Å². The molecule has 0 bridgehead atoms. The lowest BCUT2D eigenvalue weighted by atomic mass is 9.67. The molecule has 3 N–H and O–H groups in total. The van der Waals surface area contributed by atoms with Gasteiger partial charge in [-0.1, -0.05) is 18.2 Å². The second kappa shape index (κ2) is 5.09. The Morgan fingerprint density at radius 3 is 2.75 bits per heavy atom. The Kier molecular flexibility index (Phi) is 3.42. The van der Waals surface area contributed by atoms with E-state index in [1.165, 1.54) is 11.3 Å². The van der Waals surface area contributed by atoms with Crippen LogP contribution in [0.15, 0.2) is 24.3 Å². The second-order valence-electron chi connectivity index (χ2n) is 6.09. The van der Waals surface area contributed by atoms with Gasteiger partial charge in [-0.25, -0.2) is 0 Å². The third-order valence-electron chi connectivity index (χ3n) is 5.18. The Labute approximate surface area is 120 Å². The predicted molar refractivity (Wildman–Crippen MR) is 80.6 cm³/mol. The molecular formula is C16H23N3O. The zero-order valence-electron chi connectivity index (χ0n) is 12.1. The van der Waals surface area contributed by atoms with Gasteiger partial charge in [-0.3, -0.25) is 4.79 Å². The van der Waals surface area contributed by atoms with E-state index in [4.69, 9.17) is 5.73 Å². The summed E-state index contributed by atoms with van der Waals surface area (Å²) in [7, 11) is 0. The van der Waals surface area contributed by atoms with E-state index in [0.717, 1.165) is 32.5 Å². The third-order valence-corrected chi connectivity index (χ3v) is 5.18. The molecule has 1 aromatic carbocycles. The minimum Gasteiger partial charge on any atom is -0.384 e. The Balaban J connectivity index is 1.83. The summed E-state index contributed by atoms with van der Waals surface area (Å²) in [5, 5.41) is 3.50. The zero-order valence-corrected chi connectivity index (χ0v) is 12.1. The lowest BCUT2D eigenvalue weighted by molar-refractivity contribution is -0.131. The minimum atomic E-state index is 0.131. The number of nitrogens with one attached hydrogen (secondary N) is 1. The average Bonchev–Trinajstić information content (AvgIpc) is 2.91. The number of carbonyl (C=O) groups is 1. The molecule has 1 aromatic rings. The van der Waals surface area contributed by atoms with Gasteiger partial charge >= 0.3 is 0 Å². The molecule has 0 spiro atoms. The molecule has 20 heavy (non-hydrogen) atoms. The van der Waals surface area contributed by atoms with Gasteiger partial charge in [0.1, 0.15) is 0 Å². The number of rotatable bonds is 2. The first-order valence-electron chi connectivity index (χ1n) is 7.45. The Hall–Kier alpha value is -1.55. The summed E-state index contributed by atoms with van der Waals surface area (Å²) < 4.78 is 0. The van der Waals surface area contributed by atoms with Crippen LogP contribution in [0.1, 0.15) is 31.2 Å². The van der Waals surface area contributed by atoms with Gasteiger partial charge in [0.15, 0.2) is 0 Å². The van der Waals surface area contributed by atoms with E-state index >= 15 is 0 Å². The Bertz CT molecular complexity index is 506. The van der Waals surface area contributed by atoms with E-state index in [9.17, 15) is 4.79 Å². The summed E-state index contributed by atoms with van der Waals surface area (Å²) in [5.74, 6) is 0.651. The average molecular weight is 273 g/mol. The van der Waals surface area contributed by atoms with Crippen LogP contribution in [0.2, 0.25) is 0 Å². The van der Waals surface area contributed by atoms with E-state index in [2.05, 4.69) is 29.6 Å². The van der Waals surface area contributed by atoms with Crippen LogP contribution in [0.3, 0.4) is 0 Å². The zero-order chi connectivity index (χ0) is 14.2. The number of carbonyl (C=O) groups excluding carboxylic acids is 1. The molecule has 0 radical (unpaired) electrons. The first kappa shape index (κ1) is 13.4. The highest BCUT2D eigenvalue weighted by Crippen LogP contribution is 2.48. The van der Waals surface area contributed by atoms with Crippen molar-refractivity contribution < 1.29 is 4.79 Å². The molecule has 0 saturated carbocycles. The SMILES string of the molecule is CC(=O)N1CCC(CN)(C2CNc3ccccc32)CC1. The van der Waals surface area contributed by atoms with Gasteiger partial charge in [-0.05, 0) is 36.4 Å². The fourth-order valence-corrected chi connectivity index (χ4v) is 3.79. The molecule has 1 saturated heterocycles. The number of para-hydroxylation sites is 1. The van der Waals surface area contributed by atoms with Crippen molar-refractivity contribution in [2.75, 3.05) is 31.5 Å². The number of nitrogens with zero attached hydrogens (tertiary/aromatic N) is 1. The first-order valence-corrected chi connectivity index (χ1v) is 7.45. The van der Waals surface area contributed by atoms with Crippen molar-refractivity contribution in [2.45, 2.75) is 25.7 Å². The van der Waals surface area contributed by atoms with Crippen LogP contribution in [0.5, 0.6) is 0 Å². The quantitative estimate of drug-likeness (QED) is 0.863. The highest BCUT2D eigenvalue weighted by molar-refractivity contribution is 5.73. The molecule has 1 unspecified atom stereocenters. The largest absolute Gasteiger partial charge is 0.384 e. The Morgan fingerprint density at radius 1 is 1.40 bits per heavy atom. The van der Waals surface area contributed by atoms with Crippen molar-refractivity contribution in [3.8, 4) is 0 Å². The molecule has 0 aliphatic carbocycles. The molecule has 2 heterocycles. The minimum absolute atomic E-state index is 0.131. The fourth-order valence-electron chi connectivity index (χ4n) is 3.79. The van der Waals surface area contributed by atoms with Crippen molar-refractivity contribution in [3.63, 3.8) is 0 Å². The van der Waals surface area contributed by atoms with Gasteiger partial charge in [-0.15, -0.1) is 0 Å². The summed E-state index contributed by atoms with van der Waals surface area (Å²) in [5.41, 5.74) is 8.94. The van der Waals surface area contributed by atoms with Gasteiger partial charge in [0, 0.05) is 38.2 Å². The van der Waals surface area contributed by atoms with Crippen LogP contribution in [0, 0.1) is 5.41 Å². The molecule has 1 amide bonds. The monoisotopic (exact) mass is 273 g/mol. The standard InChI is InChI=1S/C16H23N3O/c1-12(20)19-8-6-16(11-17,7-9-19)14-10-18-15-5-3-2-4-13(14)15/h2-5,14,18H,6-11,17H2,1H3. The number of likely N-dealkylation sites (tertiary alicyclic amines) is 1. The number of piperidine rings is 1. The number of amides is 1. The third kappa shape index (κ3) is 2.08. The van der Waals surface area contributed by atoms with Crippen LogP contribution in [0.4, 0.5) is 5.69 Å². The van der Waals surface area contributed by atoms with Gasteiger partial charge in [-0.2, -0.15) is 0 Å². The number of nitrogens with two attached hydrogens (primary N) is 1. The highest BCUT2D eigenvalue weighted by Gasteiger charge is 2.44. The normalized spacial score (nSPS) is 24.1. The maximum atomic E-state index is 11.5. The smallest absolute Gasteiger partial charge is 0.219 e. The van der Waals surface area contributed by atoms with Gasteiger partial charge in [0.2, 0.25) is 5.91 Å². The molecule has 2 aliphatic rings. The van der Waals surface area contributed by atoms with E-state index in [-0.39, 0.29) is 11.3 Å². The number of benzene rings is 1. The van der Waals surface area contributed by atoms with Crippen molar-refractivity contribution in [1.29, 1.82) is 0 Å². The topological polar surface area (TPSA) is 58.4 Å². The van der Waals surface area contributed by atoms with E-state index in [1.54, 1.807) is 6.92 Å². The number of anilines is 1. The van der Waals surface area contributed by atoms with Crippen LogP contribution in [0.25, 0.3) is 0 Å². The Morgan fingerprint density at radius 2 is 2.10 bits per heavy atom. The fraction of sp³-hybridized carbons (Fsp3) is 0.562. The van der Waals surface area contributed by atoms with Gasteiger partial charge < -0.3 is 16.0 Å². The molecule has 108 valence electrons. The van der Waals surface area contributed by atoms with Crippen molar-refractivity contribution in [2.24, 2.45) is 11.1 Å².